The van der Waals surface area contributed by atoms with Crippen molar-refractivity contribution in [3.63, 3.8) is 0 Å². The number of phosphoric ester groups is 1. The number of unbranched alkanes of at least 4 members (excludes halogenated alkanes) is 32. The van der Waals surface area contributed by atoms with Crippen molar-refractivity contribution < 1.29 is 37.3 Å². The van der Waals surface area contributed by atoms with E-state index in [-0.39, 0.29) is 25.8 Å². The van der Waals surface area contributed by atoms with Crippen molar-refractivity contribution in [2.75, 3.05) is 54.1 Å². The molecule has 0 saturated heterocycles. The molecule has 2 atom stereocenters. The van der Waals surface area contributed by atoms with Crippen LogP contribution in [0.5, 0.6) is 0 Å². The monoisotopic (exact) mass is 899 g/mol. The Bertz CT molecular complexity index is 1050. The van der Waals surface area contributed by atoms with Gasteiger partial charge in [-0.25, -0.2) is 4.57 Å². The maximum absolute atomic E-state index is 12.8. The summed E-state index contributed by atoms with van der Waals surface area (Å²) in [6.45, 7) is 5.64. The first-order valence-electron chi connectivity index (χ1n) is 26.6. The van der Waals surface area contributed by atoms with Crippen molar-refractivity contribution in [1.29, 1.82) is 0 Å². The lowest BCUT2D eigenvalue weighted by Gasteiger charge is -2.24. The molecule has 0 aliphatic heterocycles. The average Bonchev–Trinajstić information content (AvgIpc) is 3.23. The quantitative estimate of drug-likeness (QED) is 0.0214. The maximum atomic E-state index is 12.8. The van der Waals surface area contributed by atoms with Crippen LogP contribution in [0, 0.1) is 0 Å². The number of hydrogen-bond acceptors (Lipinski definition) is 6. The van der Waals surface area contributed by atoms with Gasteiger partial charge in [0, 0.05) is 13.0 Å². The second-order valence-corrected chi connectivity index (χ2v) is 20.7. The van der Waals surface area contributed by atoms with Crippen LogP contribution in [0.2, 0.25) is 0 Å². The van der Waals surface area contributed by atoms with E-state index >= 15 is 0 Å². The molecule has 9 heteroatoms. The number of carbonyl (C=O) groups excluding carboxylic acids is 1. The lowest BCUT2D eigenvalue weighted by Crippen LogP contribution is -2.37. The highest BCUT2D eigenvalue weighted by molar-refractivity contribution is 7.47. The minimum absolute atomic E-state index is 0.0897. The van der Waals surface area contributed by atoms with Gasteiger partial charge in [0.05, 0.1) is 34.4 Å². The topological polar surface area (TPSA) is 91.3 Å². The number of nitrogens with zero attached hydrogens (tertiary/aromatic N) is 1. The number of carbonyl (C=O) groups is 1. The van der Waals surface area contributed by atoms with Crippen molar-refractivity contribution in [3.8, 4) is 0 Å². The Morgan fingerprint density at radius 3 is 1.34 bits per heavy atom. The van der Waals surface area contributed by atoms with Gasteiger partial charge in [-0.05, 0) is 44.9 Å². The normalized spacial score (nSPS) is 13.7. The molecule has 0 aromatic heterocycles. The fraction of sp³-hybridized carbons (Fsp3) is 0.906. The molecular formula is C53H105NO7P+. The zero-order valence-electron chi connectivity index (χ0n) is 41.9. The summed E-state index contributed by atoms with van der Waals surface area (Å²) >= 11 is 0. The first-order valence-corrected chi connectivity index (χ1v) is 28.1. The van der Waals surface area contributed by atoms with E-state index in [1.807, 2.05) is 21.1 Å². The molecule has 0 radical (unpaired) electrons. The van der Waals surface area contributed by atoms with Crippen molar-refractivity contribution in [2.24, 2.45) is 0 Å². The number of hydrogen-bond donors (Lipinski definition) is 1. The molecule has 62 heavy (non-hydrogen) atoms. The molecule has 0 amide bonds. The molecular weight excluding hydrogens is 794 g/mol. The van der Waals surface area contributed by atoms with Crippen LogP contribution in [0.25, 0.3) is 0 Å². The highest BCUT2D eigenvalue weighted by Crippen LogP contribution is 2.43. The van der Waals surface area contributed by atoms with Gasteiger partial charge in [0.2, 0.25) is 0 Å². The van der Waals surface area contributed by atoms with Crippen LogP contribution in [-0.4, -0.2) is 75.6 Å². The minimum Gasteiger partial charge on any atom is -0.457 e. The van der Waals surface area contributed by atoms with Gasteiger partial charge in [-0.1, -0.05) is 224 Å². The molecule has 0 aromatic rings. The number of likely N-dealkylation sites (N-methyl/N-ethyl adjacent to an activating group) is 1. The third kappa shape index (κ3) is 50.0. The van der Waals surface area contributed by atoms with E-state index in [1.165, 1.54) is 193 Å². The number of allylic oxidation sites excluding steroid dienone is 4. The molecule has 2 unspecified atom stereocenters. The van der Waals surface area contributed by atoms with E-state index in [0.29, 0.717) is 24.1 Å². The van der Waals surface area contributed by atoms with Gasteiger partial charge in [-0.15, -0.1) is 0 Å². The predicted molar refractivity (Wildman–Crippen MR) is 266 cm³/mol. The van der Waals surface area contributed by atoms with Gasteiger partial charge >= 0.3 is 13.8 Å². The molecule has 368 valence electrons. The predicted octanol–water partition coefficient (Wildman–Crippen LogP) is 16.3. The van der Waals surface area contributed by atoms with Gasteiger partial charge < -0.3 is 18.9 Å². The molecule has 8 nitrogen and oxygen atoms in total. The van der Waals surface area contributed by atoms with Crippen LogP contribution in [0.3, 0.4) is 0 Å². The van der Waals surface area contributed by atoms with Gasteiger partial charge in [-0.2, -0.15) is 0 Å². The van der Waals surface area contributed by atoms with Crippen LogP contribution in [0.15, 0.2) is 24.3 Å². The summed E-state index contributed by atoms with van der Waals surface area (Å²) in [7, 11) is 1.68. The van der Waals surface area contributed by atoms with Crippen molar-refractivity contribution in [1.82, 2.24) is 0 Å². The maximum Gasteiger partial charge on any atom is 0.472 e. The summed E-state index contributed by atoms with van der Waals surface area (Å²) in [5.41, 5.74) is 0. The van der Waals surface area contributed by atoms with Crippen LogP contribution >= 0.6 is 7.82 Å². The second-order valence-electron chi connectivity index (χ2n) is 19.3. The number of ether oxygens (including phenoxy) is 2. The minimum atomic E-state index is -4.28. The number of phosphoric acid groups is 1. The molecule has 0 heterocycles. The standard InChI is InChI=1S/C53H104NO7P/c1-6-8-10-12-14-16-18-20-22-24-26-27-28-29-30-32-34-36-38-40-42-44-46-53(55)61-52(51-60-62(56,57)59-49-47-54(3,4)5)50-58-48-45-43-41-39-37-35-33-31-25-23-21-19-17-15-13-11-9-7-2/h15,17,21,23,52H,6-14,16,18-20,22,24-51H2,1-5H3/p+1/b17-15-,23-21-. The summed E-state index contributed by atoms with van der Waals surface area (Å²) in [6.07, 6.45) is 55.1. The summed E-state index contributed by atoms with van der Waals surface area (Å²) < 4.78 is 35.2. The van der Waals surface area contributed by atoms with Gasteiger partial charge in [-0.3, -0.25) is 13.8 Å². The molecule has 0 rings (SSSR count). The fourth-order valence-electron chi connectivity index (χ4n) is 7.64. The Hall–Kier alpha value is -1.02. The summed E-state index contributed by atoms with van der Waals surface area (Å²) in [5, 5.41) is 0. The van der Waals surface area contributed by atoms with E-state index in [4.69, 9.17) is 18.5 Å². The lowest BCUT2D eigenvalue weighted by molar-refractivity contribution is -0.870. The molecule has 1 N–H and O–H groups in total. The molecule has 0 spiro atoms. The van der Waals surface area contributed by atoms with E-state index in [2.05, 4.69) is 38.2 Å². The Morgan fingerprint density at radius 2 is 0.887 bits per heavy atom. The zero-order chi connectivity index (χ0) is 45.5. The van der Waals surface area contributed by atoms with Gasteiger partial charge in [0.25, 0.3) is 0 Å². The Balaban J connectivity index is 4.09. The van der Waals surface area contributed by atoms with E-state index in [9.17, 15) is 14.3 Å². The first kappa shape index (κ1) is 61.0. The number of rotatable bonds is 50. The molecule has 0 saturated carbocycles. The average molecular weight is 899 g/mol. The van der Waals surface area contributed by atoms with E-state index in [1.54, 1.807) is 0 Å². The summed E-state index contributed by atoms with van der Waals surface area (Å²) in [6, 6.07) is 0. The van der Waals surface area contributed by atoms with Crippen LogP contribution < -0.4 is 0 Å². The van der Waals surface area contributed by atoms with Crippen molar-refractivity contribution >= 4 is 13.8 Å². The van der Waals surface area contributed by atoms with E-state index < -0.39 is 13.9 Å². The van der Waals surface area contributed by atoms with Crippen LogP contribution in [0.4, 0.5) is 0 Å². The first-order chi connectivity index (χ1) is 30.1. The highest BCUT2D eigenvalue weighted by Gasteiger charge is 2.26. The number of quaternary nitrogens is 1. The molecule has 0 aliphatic rings. The van der Waals surface area contributed by atoms with Crippen molar-refractivity contribution in [2.45, 2.75) is 258 Å². The van der Waals surface area contributed by atoms with Gasteiger partial charge in [0.15, 0.2) is 0 Å². The lowest BCUT2D eigenvalue weighted by atomic mass is 10.0. The fourth-order valence-corrected chi connectivity index (χ4v) is 8.39. The molecule has 0 aromatic carbocycles. The van der Waals surface area contributed by atoms with E-state index in [0.717, 1.165) is 38.5 Å². The molecule has 0 aliphatic carbocycles. The van der Waals surface area contributed by atoms with Crippen LogP contribution in [0.1, 0.15) is 251 Å². The Kier molecular flexibility index (Phi) is 45.7. The number of esters is 1. The van der Waals surface area contributed by atoms with Crippen molar-refractivity contribution in [3.05, 3.63) is 24.3 Å². The van der Waals surface area contributed by atoms with Crippen LogP contribution in [-0.2, 0) is 27.9 Å². The Morgan fingerprint density at radius 1 is 0.500 bits per heavy atom. The molecule has 0 bridgehead atoms. The summed E-state index contributed by atoms with van der Waals surface area (Å²) in [5.74, 6) is -0.310. The second kappa shape index (κ2) is 46.5. The molecule has 0 fully saturated rings. The SMILES string of the molecule is CCCCC/C=C\C/C=C\CCCCCCCCCCOCC(COP(=O)(O)OCC[N+](C)(C)C)OC(=O)CCCCCCCCCCCCCCCCCCCCCCCC. The Labute approximate surface area is 385 Å². The third-order valence-electron chi connectivity index (χ3n) is 11.8. The summed E-state index contributed by atoms with van der Waals surface area (Å²) in [4.78, 5) is 23.0. The third-order valence-corrected chi connectivity index (χ3v) is 12.7. The highest BCUT2D eigenvalue weighted by atomic mass is 31.2. The smallest absolute Gasteiger partial charge is 0.457 e. The zero-order valence-corrected chi connectivity index (χ0v) is 42.8. The van der Waals surface area contributed by atoms with Gasteiger partial charge in [0.1, 0.15) is 19.3 Å². The largest absolute Gasteiger partial charge is 0.472 e.